The third-order valence-corrected chi connectivity index (χ3v) is 3.86. The maximum Gasteiger partial charge on any atom is 0.0446 e. The van der Waals surface area contributed by atoms with Crippen molar-refractivity contribution in [2.45, 2.75) is 40.2 Å². The molecule has 1 N–H and O–H groups in total. The van der Waals surface area contributed by atoms with Crippen molar-refractivity contribution in [3.8, 4) is 0 Å². The summed E-state index contributed by atoms with van der Waals surface area (Å²) in [5, 5.41) is 3.44. The van der Waals surface area contributed by atoms with Gasteiger partial charge in [0.05, 0.1) is 0 Å². The minimum Gasteiger partial charge on any atom is -0.312 e. The second-order valence-corrected chi connectivity index (χ2v) is 6.13. The van der Waals surface area contributed by atoms with Crippen molar-refractivity contribution in [1.29, 1.82) is 0 Å². The van der Waals surface area contributed by atoms with Crippen molar-refractivity contribution in [1.82, 2.24) is 10.2 Å². The molecule has 0 amide bonds. The molecule has 0 aromatic heterocycles. The van der Waals surface area contributed by atoms with E-state index in [1.54, 1.807) is 0 Å². The lowest BCUT2D eigenvalue weighted by Crippen LogP contribution is -2.32. The molecule has 1 atom stereocenters. The Kier molecular flexibility index (Phi) is 6.53. The predicted octanol–water partition coefficient (Wildman–Crippen LogP) is 3.54. The third kappa shape index (κ3) is 5.33. The first-order valence-electron chi connectivity index (χ1n) is 7.37. The summed E-state index contributed by atoms with van der Waals surface area (Å²) in [7, 11) is 4.27. The van der Waals surface area contributed by atoms with Crippen LogP contribution in [0.1, 0.15) is 43.0 Å². The van der Waals surface area contributed by atoms with Crippen LogP contribution in [0, 0.1) is 19.8 Å². The molecule has 2 heteroatoms. The lowest BCUT2D eigenvalue weighted by atomic mass is 10.0. The molecule has 0 aliphatic carbocycles. The van der Waals surface area contributed by atoms with Gasteiger partial charge in [-0.15, -0.1) is 0 Å². The van der Waals surface area contributed by atoms with Gasteiger partial charge in [0.1, 0.15) is 0 Å². The number of rotatable bonds is 7. The lowest BCUT2D eigenvalue weighted by molar-refractivity contribution is 0.280. The van der Waals surface area contributed by atoms with E-state index < -0.39 is 0 Å². The molecule has 0 fully saturated rings. The molecular weight excluding hydrogens is 232 g/mol. The van der Waals surface area contributed by atoms with Crippen LogP contribution >= 0.6 is 0 Å². The van der Waals surface area contributed by atoms with E-state index >= 15 is 0 Å². The van der Waals surface area contributed by atoms with Crippen molar-refractivity contribution >= 4 is 0 Å². The van der Waals surface area contributed by atoms with Crippen LogP contribution in [0.3, 0.4) is 0 Å². The van der Waals surface area contributed by atoms with Crippen LogP contribution in [0.2, 0.25) is 0 Å². The maximum atomic E-state index is 3.44. The quantitative estimate of drug-likeness (QED) is 0.808. The van der Waals surface area contributed by atoms with Gasteiger partial charge >= 0.3 is 0 Å². The summed E-state index contributed by atoms with van der Waals surface area (Å²) in [6.07, 6.45) is 1.26. The van der Waals surface area contributed by atoms with Crippen LogP contribution in [0.5, 0.6) is 0 Å². The Morgan fingerprint density at radius 2 is 1.84 bits per heavy atom. The number of likely N-dealkylation sites (N-methyl/N-ethyl adjacent to an activating group) is 2. The van der Waals surface area contributed by atoms with Crippen LogP contribution in [0.15, 0.2) is 18.2 Å². The maximum absolute atomic E-state index is 3.44. The Hall–Kier alpha value is -0.860. The summed E-state index contributed by atoms with van der Waals surface area (Å²) in [6.45, 7) is 11.2. The van der Waals surface area contributed by atoms with E-state index in [0.29, 0.717) is 6.04 Å². The van der Waals surface area contributed by atoms with Crippen molar-refractivity contribution < 1.29 is 0 Å². The van der Waals surface area contributed by atoms with E-state index in [9.17, 15) is 0 Å². The monoisotopic (exact) mass is 262 g/mol. The van der Waals surface area contributed by atoms with E-state index in [1.807, 2.05) is 0 Å². The molecule has 0 saturated heterocycles. The van der Waals surface area contributed by atoms with Gasteiger partial charge in [0.25, 0.3) is 0 Å². The fourth-order valence-corrected chi connectivity index (χ4v) is 2.23. The van der Waals surface area contributed by atoms with Crippen molar-refractivity contribution in [3.05, 3.63) is 34.9 Å². The Balaban J connectivity index is 2.64. The zero-order valence-electron chi connectivity index (χ0n) is 13.5. The molecule has 0 bridgehead atoms. The van der Waals surface area contributed by atoms with Crippen molar-refractivity contribution in [3.63, 3.8) is 0 Å². The van der Waals surface area contributed by atoms with Crippen LogP contribution < -0.4 is 5.32 Å². The second-order valence-electron chi connectivity index (χ2n) is 6.13. The van der Waals surface area contributed by atoms with Gasteiger partial charge < -0.3 is 10.2 Å². The summed E-state index contributed by atoms with van der Waals surface area (Å²) >= 11 is 0. The molecule has 0 radical (unpaired) electrons. The van der Waals surface area contributed by atoms with Gasteiger partial charge in [0, 0.05) is 12.6 Å². The van der Waals surface area contributed by atoms with Crippen LogP contribution in [-0.4, -0.2) is 32.1 Å². The number of aryl methyl sites for hydroxylation is 2. The summed E-state index contributed by atoms with van der Waals surface area (Å²) in [5.74, 6) is 0.775. The molecule has 19 heavy (non-hydrogen) atoms. The zero-order valence-corrected chi connectivity index (χ0v) is 13.5. The summed E-state index contributed by atoms with van der Waals surface area (Å²) in [4.78, 5) is 2.43. The number of nitrogens with one attached hydrogen (secondary N) is 1. The Bertz CT molecular complexity index is 385. The van der Waals surface area contributed by atoms with Gasteiger partial charge in [-0.1, -0.05) is 32.0 Å². The molecule has 108 valence electrons. The van der Waals surface area contributed by atoms with E-state index in [4.69, 9.17) is 0 Å². The smallest absolute Gasteiger partial charge is 0.0446 e. The first-order chi connectivity index (χ1) is 8.93. The van der Waals surface area contributed by atoms with Crippen LogP contribution in [0.4, 0.5) is 0 Å². The molecule has 0 aliphatic rings. The van der Waals surface area contributed by atoms with Gasteiger partial charge in [-0.3, -0.25) is 0 Å². The largest absolute Gasteiger partial charge is 0.312 e. The van der Waals surface area contributed by atoms with Crippen LogP contribution in [0.25, 0.3) is 0 Å². The molecule has 0 aliphatic heterocycles. The fraction of sp³-hybridized carbons (Fsp3) is 0.647. The van der Waals surface area contributed by atoms with E-state index in [2.05, 4.69) is 70.2 Å². The highest BCUT2D eigenvalue weighted by molar-refractivity contribution is 5.31. The topological polar surface area (TPSA) is 15.3 Å². The van der Waals surface area contributed by atoms with Gasteiger partial charge in [0.2, 0.25) is 0 Å². The molecule has 1 rings (SSSR count). The summed E-state index contributed by atoms with van der Waals surface area (Å²) in [5.41, 5.74) is 4.14. The van der Waals surface area contributed by atoms with E-state index in [1.165, 1.54) is 29.7 Å². The number of hydrogen-bond donors (Lipinski definition) is 1. The van der Waals surface area contributed by atoms with E-state index in [-0.39, 0.29) is 0 Å². The standard InChI is InChI=1S/C17H30N2/c1-13(2)9-10-19(6)12-17(18-5)16-8-7-14(3)15(4)11-16/h7-8,11,13,17-18H,9-10,12H2,1-6H3. The Morgan fingerprint density at radius 3 is 2.37 bits per heavy atom. The number of nitrogens with zero attached hydrogens (tertiary/aromatic N) is 1. The minimum absolute atomic E-state index is 0.413. The normalized spacial score (nSPS) is 13.3. The second kappa shape index (κ2) is 7.66. The molecule has 1 aromatic carbocycles. The fourth-order valence-electron chi connectivity index (χ4n) is 2.23. The molecule has 0 spiro atoms. The molecule has 0 saturated carbocycles. The average Bonchev–Trinajstić information content (AvgIpc) is 2.37. The molecule has 2 nitrogen and oxygen atoms in total. The first kappa shape index (κ1) is 16.2. The third-order valence-electron chi connectivity index (χ3n) is 3.86. The van der Waals surface area contributed by atoms with Crippen molar-refractivity contribution in [2.75, 3.05) is 27.2 Å². The number of hydrogen-bond acceptors (Lipinski definition) is 2. The van der Waals surface area contributed by atoms with E-state index in [0.717, 1.165) is 12.5 Å². The average molecular weight is 262 g/mol. The van der Waals surface area contributed by atoms with Gasteiger partial charge in [-0.25, -0.2) is 0 Å². The molecule has 0 heterocycles. The SMILES string of the molecule is CNC(CN(C)CCC(C)C)c1ccc(C)c(C)c1. The highest BCUT2D eigenvalue weighted by Crippen LogP contribution is 2.18. The van der Waals surface area contributed by atoms with Crippen LogP contribution in [-0.2, 0) is 0 Å². The summed E-state index contributed by atoms with van der Waals surface area (Å²) in [6, 6.07) is 7.20. The highest BCUT2D eigenvalue weighted by atomic mass is 15.1. The zero-order chi connectivity index (χ0) is 14.4. The summed E-state index contributed by atoms with van der Waals surface area (Å²) < 4.78 is 0. The van der Waals surface area contributed by atoms with Gasteiger partial charge in [-0.05, 0) is 63.5 Å². The number of benzene rings is 1. The van der Waals surface area contributed by atoms with Gasteiger partial charge in [0.15, 0.2) is 0 Å². The highest BCUT2D eigenvalue weighted by Gasteiger charge is 2.12. The van der Waals surface area contributed by atoms with Gasteiger partial charge in [-0.2, -0.15) is 0 Å². The first-order valence-corrected chi connectivity index (χ1v) is 7.37. The molecule has 1 aromatic rings. The lowest BCUT2D eigenvalue weighted by Gasteiger charge is -2.25. The Labute approximate surface area is 119 Å². The molecule has 1 unspecified atom stereocenters. The minimum atomic E-state index is 0.413. The van der Waals surface area contributed by atoms with Crippen molar-refractivity contribution in [2.24, 2.45) is 5.92 Å². The molecular formula is C17H30N2. The Morgan fingerprint density at radius 1 is 1.16 bits per heavy atom. The predicted molar refractivity (Wildman–Crippen MR) is 84.7 cm³/mol.